The molecule has 0 radical (unpaired) electrons. The largest absolute Gasteiger partial charge is 0.375 e. The first-order valence-electron chi connectivity index (χ1n) is 17.8. The molecule has 0 aromatic rings. The Labute approximate surface area is 241 Å². The maximum Gasteiger partial charge on any atom is 0.0683 e. The van der Waals surface area contributed by atoms with Gasteiger partial charge in [-0.3, -0.25) is 0 Å². The number of nitrogens with one attached hydrogen (secondary N) is 1. The Bertz CT molecular complexity index is 430. The summed E-state index contributed by atoms with van der Waals surface area (Å²) in [6.45, 7) is 10.6. The Morgan fingerprint density at radius 3 is 1.24 bits per heavy atom. The monoisotopic (exact) mass is 539 g/mol. The molecule has 0 amide bonds. The van der Waals surface area contributed by atoms with E-state index < -0.39 is 0 Å². The molecule has 0 rings (SSSR count). The lowest BCUT2D eigenvalue weighted by atomic mass is 9.85. The van der Waals surface area contributed by atoms with Gasteiger partial charge in [0.25, 0.3) is 0 Å². The van der Waals surface area contributed by atoms with Gasteiger partial charge in [0, 0.05) is 19.7 Å². The molecule has 0 aliphatic heterocycles. The Balaban J connectivity index is 4.72. The van der Waals surface area contributed by atoms with E-state index in [2.05, 4.69) is 26.1 Å². The molecule has 1 atom stereocenters. The highest BCUT2D eigenvalue weighted by Gasteiger charge is 2.29. The zero-order valence-electron chi connectivity index (χ0n) is 26.9. The minimum atomic E-state index is 0.108. The lowest BCUT2D eigenvalue weighted by Crippen LogP contribution is -2.35. The van der Waals surface area contributed by atoms with Crippen LogP contribution in [0.3, 0.4) is 0 Å². The quantitative estimate of drug-likeness (QED) is 0.0817. The molecule has 0 bridgehead atoms. The third kappa shape index (κ3) is 26.1. The van der Waals surface area contributed by atoms with Crippen LogP contribution in [0.5, 0.6) is 0 Å². The highest BCUT2D eigenvalue weighted by atomic mass is 16.5. The van der Waals surface area contributed by atoms with E-state index in [9.17, 15) is 0 Å². The lowest BCUT2D eigenvalue weighted by Gasteiger charge is -2.35. The molecule has 0 saturated carbocycles. The normalized spacial score (nSPS) is 13.3. The van der Waals surface area contributed by atoms with Crippen molar-refractivity contribution in [1.82, 2.24) is 5.32 Å². The standard InChI is InChI=1S/C35H74N2O/c1-4-7-10-13-16-19-22-25-29-35(30-27-32-37-33-31-36,28-24-21-18-15-12-9-6-3)38-34-26-23-20-17-14-11-8-5-2/h37H,4-34,36H2,1-3H3. The van der Waals surface area contributed by atoms with Crippen molar-refractivity contribution >= 4 is 0 Å². The molecule has 0 aromatic heterocycles. The average Bonchev–Trinajstić information content (AvgIpc) is 2.93. The SMILES string of the molecule is CCCCCCCCCCOC(CCCCCCCCC)(CCCCCCCCCC)CCCNCCN. The van der Waals surface area contributed by atoms with Gasteiger partial charge >= 0.3 is 0 Å². The van der Waals surface area contributed by atoms with E-state index in [1.165, 1.54) is 173 Å². The molecule has 3 N–H and O–H groups in total. The van der Waals surface area contributed by atoms with Crippen LogP contribution in [0, 0.1) is 0 Å². The van der Waals surface area contributed by atoms with E-state index in [-0.39, 0.29) is 5.60 Å². The van der Waals surface area contributed by atoms with E-state index in [1.807, 2.05) is 0 Å². The second-order valence-electron chi connectivity index (χ2n) is 12.2. The van der Waals surface area contributed by atoms with Gasteiger partial charge in [-0.1, -0.05) is 162 Å². The van der Waals surface area contributed by atoms with E-state index >= 15 is 0 Å². The molecular weight excluding hydrogens is 464 g/mol. The summed E-state index contributed by atoms with van der Waals surface area (Å²) >= 11 is 0. The van der Waals surface area contributed by atoms with Crippen LogP contribution in [-0.4, -0.2) is 31.8 Å². The number of ether oxygens (including phenoxy) is 1. The van der Waals surface area contributed by atoms with Gasteiger partial charge in [-0.25, -0.2) is 0 Å². The fourth-order valence-electron chi connectivity index (χ4n) is 5.86. The van der Waals surface area contributed by atoms with Gasteiger partial charge in [-0.05, 0) is 38.6 Å². The summed E-state index contributed by atoms with van der Waals surface area (Å²) in [5.74, 6) is 0. The fraction of sp³-hybridized carbons (Fsp3) is 1.00. The molecule has 0 aliphatic rings. The zero-order valence-corrected chi connectivity index (χ0v) is 26.9. The number of rotatable bonds is 33. The maximum atomic E-state index is 6.93. The van der Waals surface area contributed by atoms with Crippen LogP contribution in [0.15, 0.2) is 0 Å². The molecule has 0 heterocycles. The summed E-state index contributed by atoms with van der Waals surface area (Å²) in [6, 6.07) is 0. The third-order valence-electron chi connectivity index (χ3n) is 8.44. The molecule has 0 fully saturated rings. The molecule has 1 unspecified atom stereocenters. The Kier molecular flexibility index (Phi) is 31.3. The van der Waals surface area contributed by atoms with Crippen LogP contribution in [0.25, 0.3) is 0 Å². The fourth-order valence-corrected chi connectivity index (χ4v) is 5.86. The molecular formula is C35H74N2O. The Hall–Kier alpha value is -0.120. The van der Waals surface area contributed by atoms with E-state index in [0.717, 1.165) is 26.2 Å². The minimum Gasteiger partial charge on any atom is -0.375 e. The van der Waals surface area contributed by atoms with Crippen LogP contribution < -0.4 is 11.1 Å². The van der Waals surface area contributed by atoms with Crippen molar-refractivity contribution in [1.29, 1.82) is 0 Å². The first-order chi connectivity index (χ1) is 18.7. The maximum absolute atomic E-state index is 6.93. The number of unbranched alkanes of at least 4 members (excludes halogenated alkanes) is 20. The van der Waals surface area contributed by atoms with Gasteiger partial charge in [-0.2, -0.15) is 0 Å². The predicted octanol–water partition coefficient (Wildman–Crippen LogP) is 10.9. The summed E-state index contributed by atoms with van der Waals surface area (Å²) < 4.78 is 6.93. The van der Waals surface area contributed by atoms with Gasteiger partial charge in [0.1, 0.15) is 0 Å². The van der Waals surface area contributed by atoms with Gasteiger partial charge < -0.3 is 15.8 Å². The summed E-state index contributed by atoms with van der Waals surface area (Å²) in [5, 5.41) is 3.53. The van der Waals surface area contributed by atoms with Crippen LogP contribution in [0.1, 0.15) is 194 Å². The third-order valence-corrected chi connectivity index (χ3v) is 8.44. The molecule has 3 heteroatoms. The molecule has 230 valence electrons. The van der Waals surface area contributed by atoms with Crippen LogP contribution in [0.4, 0.5) is 0 Å². The topological polar surface area (TPSA) is 47.3 Å². The van der Waals surface area contributed by atoms with Gasteiger partial charge in [0.05, 0.1) is 5.60 Å². The van der Waals surface area contributed by atoms with Gasteiger partial charge in [0.2, 0.25) is 0 Å². The van der Waals surface area contributed by atoms with Crippen molar-refractivity contribution < 1.29 is 4.74 Å². The van der Waals surface area contributed by atoms with E-state index in [1.54, 1.807) is 0 Å². The summed E-state index contributed by atoms with van der Waals surface area (Å²) in [7, 11) is 0. The predicted molar refractivity (Wildman–Crippen MR) is 172 cm³/mol. The van der Waals surface area contributed by atoms with Crippen molar-refractivity contribution in [3.63, 3.8) is 0 Å². The molecule has 3 nitrogen and oxygen atoms in total. The summed E-state index contributed by atoms with van der Waals surface area (Å²) in [5.41, 5.74) is 5.81. The molecule has 0 aromatic carbocycles. The molecule has 38 heavy (non-hydrogen) atoms. The Morgan fingerprint density at radius 1 is 0.447 bits per heavy atom. The lowest BCUT2D eigenvalue weighted by molar-refractivity contribution is -0.0690. The van der Waals surface area contributed by atoms with Gasteiger partial charge in [0.15, 0.2) is 0 Å². The van der Waals surface area contributed by atoms with Crippen molar-refractivity contribution in [3.05, 3.63) is 0 Å². The van der Waals surface area contributed by atoms with Crippen LogP contribution >= 0.6 is 0 Å². The first-order valence-corrected chi connectivity index (χ1v) is 17.8. The second-order valence-corrected chi connectivity index (χ2v) is 12.2. The first kappa shape index (κ1) is 37.9. The van der Waals surface area contributed by atoms with E-state index in [0.29, 0.717) is 0 Å². The van der Waals surface area contributed by atoms with Crippen molar-refractivity contribution in [2.75, 3.05) is 26.2 Å². The number of hydrogen-bond acceptors (Lipinski definition) is 3. The van der Waals surface area contributed by atoms with Crippen LogP contribution in [0.2, 0.25) is 0 Å². The smallest absolute Gasteiger partial charge is 0.0683 e. The molecule has 0 spiro atoms. The summed E-state index contributed by atoms with van der Waals surface area (Å²) in [4.78, 5) is 0. The van der Waals surface area contributed by atoms with Crippen molar-refractivity contribution in [3.8, 4) is 0 Å². The average molecular weight is 539 g/mol. The molecule has 0 aliphatic carbocycles. The summed E-state index contributed by atoms with van der Waals surface area (Å²) in [6.07, 6.45) is 36.8. The van der Waals surface area contributed by atoms with Crippen molar-refractivity contribution in [2.24, 2.45) is 5.73 Å². The number of hydrogen-bond donors (Lipinski definition) is 2. The van der Waals surface area contributed by atoms with Crippen molar-refractivity contribution in [2.45, 2.75) is 200 Å². The van der Waals surface area contributed by atoms with Crippen LogP contribution in [-0.2, 0) is 4.74 Å². The van der Waals surface area contributed by atoms with Gasteiger partial charge in [-0.15, -0.1) is 0 Å². The highest BCUT2D eigenvalue weighted by Crippen LogP contribution is 2.32. The number of nitrogens with two attached hydrogens (primary N) is 1. The second kappa shape index (κ2) is 31.4. The molecule has 0 saturated heterocycles. The highest BCUT2D eigenvalue weighted by molar-refractivity contribution is 4.82. The zero-order chi connectivity index (χ0) is 27.8. The minimum absolute atomic E-state index is 0.108. The Morgan fingerprint density at radius 2 is 0.816 bits per heavy atom. The van der Waals surface area contributed by atoms with E-state index in [4.69, 9.17) is 10.5 Å².